The van der Waals surface area contributed by atoms with Crippen molar-refractivity contribution in [2.45, 2.75) is 11.8 Å². The van der Waals surface area contributed by atoms with Crippen LogP contribution in [-0.4, -0.2) is 49.7 Å². The second kappa shape index (κ2) is 9.71. The highest BCUT2D eigenvalue weighted by Gasteiger charge is 2.28. The summed E-state index contributed by atoms with van der Waals surface area (Å²) in [5, 5.41) is 12.7. The van der Waals surface area contributed by atoms with Crippen molar-refractivity contribution in [2.75, 3.05) is 31.5 Å². The summed E-state index contributed by atoms with van der Waals surface area (Å²) in [5.74, 6) is -0.610. The molecular formula is C21H20Cl2N4O3S. The first-order valence-electron chi connectivity index (χ1n) is 9.40. The second-order valence-corrected chi connectivity index (χ2v) is 9.77. The predicted molar refractivity (Wildman–Crippen MR) is 120 cm³/mol. The lowest BCUT2D eigenvalue weighted by Crippen LogP contribution is -2.46. The van der Waals surface area contributed by atoms with Crippen molar-refractivity contribution in [3.8, 4) is 6.07 Å². The minimum atomic E-state index is -3.59. The standard InChI is InChI=1S/C21H20Cl2N4O3S/c1-15-2-5-18(6-3-15)31(29,30)27-10-8-26(9-11-27)14-16(13-24)21(28)25-20-7-4-17(22)12-19(20)23/h2-7,12,14H,8-11H2,1H3,(H,25,28)/b16-14-. The zero-order valence-corrected chi connectivity index (χ0v) is 19.0. The highest BCUT2D eigenvalue weighted by molar-refractivity contribution is 7.89. The number of anilines is 1. The molecule has 7 nitrogen and oxygen atoms in total. The van der Waals surface area contributed by atoms with E-state index in [0.29, 0.717) is 23.8 Å². The molecule has 0 unspecified atom stereocenters. The minimum Gasteiger partial charge on any atom is -0.373 e. The molecule has 0 spiro atoms. The van der Waals surface area contributed by atoms with E-state index >= 15 is 0 Å². The molecule has 0 saturated carbocycles. The molecule has 31 heavy (non-hydrogen) atoms. The molecular weight excluding hydrogens is 459 g/mol. The van der Waals surface area contributed by atoms with Crippen LogP contribution in [0.3, 0.4) is 0 Å². The van der Waals surface area contributed by atoms with Crippen molar-refractivity contribution >= 4 is 44.8 Å². The smallest absolute Gasteiger partial charge is 0.267 e. The third-order valence-corrected chi connectivity index (χ3v) is 7.25. The van der Waals surface area contributed by atoms with Crippen molar-refractivity contribution in [3.63, 3.8) is 0 Å². The fraction of sp³-hybridized carbons (Fsp3) is 0.238. The van der Waals surface area contributed by atoms with Gasteiger partial charge in [-0.25, -0.2) is 8.42 Å². The molecule has 0 aromatic heterocycles. The number of hydrogen-bond donors (Lipinski definition) is 1. The van der Waals surface area contributed by atoms with Gasteiger partial charge < -0.3 is 10.2 Å². The first-order chi connectivity index (χ1) is 14.7. The summed E-state index contributed by atoms with van der Waals surface area (Å²) in [5.41, 5.74) is 1.21. The van der Waals surface area contributed by atoms with E-state index < -0.39 is 15.9 Å². The first kappa shape index (κ1) is 23.1. The Morgan fingerprint density at radius 3 is 2.32 bits per heavy atom. The SMILES string of the molecule is Cc1ccc(S(=O)(=O)N2CCN(/C=C(/C#N)C(=O)Nc3ccc(Cl)cc3Cl)CC2)cc1. The molecule has 0 bridgehead atoms. The molecule has 162 valence electrons. The predicted octanol–water partition coefficient (Wildman–Crippen LogP) is 3.65. The number of nitrogens with one attached hydrogen (secondary N) is 1. The summed E-state index contributed by atoms with van der Waals surface area (Å²) in [6.07, 6.45) is 1.44. The fourth-order valence-electron chi connectivity index (χ4n) is 3.03. The molecule has 1 aliphatic heterocycles. The third-order valence-electron chi connectivity index (χ3n) is 4.79. The molecule has 1 N–H and O–H groups in total. The van der Waals surface area contributed by atoms with Gasteiger partial charge in [-0.05, 0) is 37.3 Å². The summed E-state index contributed by atoms with van der Waals surface area (Å²) >= 11 is 11.9. The topological polar surface area (TPSA) is 93.5 Å². The fourth-order valence-corrected chi connectivity index (χ4v) is 4.91. The van der Waals surface area contributed by atoms with E-state index in [1.54, 1.807) is 41.3 Å². The monoisotopic (exact) mass is 478 g/mol. The lowest BCUT2D eigenvalue weighted by Gasteiger charge is -2.33. The van der Waals surface area contributed by atoms with Crippen LogP contribution in [0.15, 0.2) is 59.1 Å². The van der Waals surface area contributed by atoms with Crippen LogP contribution >= 0.6 is 23.2 Å². The summed E-state index contributed by atoms with van der Waals surface area (Å²) in [4.78, 5) is 14.5. The van der Waals surface area contributed by atoms with Crippen LogP contribution in [0.4, 0.5) is 5.69 Å². The number of rotatable bonds is 5. The van der Waals surface area contributed by atoms with Crippen LogP contribution < -0.4 is 5.32 Å². The minimum absolute atomic E-state index is 0.110. The summed E-state index contributed by atoms with van der Waals surface area (Å²) < 4.78 is 27.0. The Morgan fingerprint density at radius 1 is 1.10 bits per heavy atom. The Morgan fingerprint density at radius 2 is 1.74 bits per heavy atom. The number of benzene rings is 2. The zero-order valence-electron chi connectivity index (χ0n) is 16.7. The van der Waals surface area contributed by atoms with Gasteiger partial charge in [-0.2, -0.15) is 9.57 Å². The molecule has 1 aliphatic rings. The molecule has 10 heteroatoms. The van der Waals surface area contributed by atoms with Gasteiger partial charge in [-0.1, -0.05) is 40.9 Å². The highest BCUT2D eigenvalue weighted by Crippen LogP contribution is 2.26. The van der Waals surface area contributed by atoms with E-state index in [1.165, 1.54) is 16.6 Å². The normalized spacial score (nSPS) is 15.4. The van der Waals surface area contributed by atoms with Crippen molar-refractivity contribution in [1.82, 2.24) is 9.21 Å². The Labute approximate surface area is 191 Å². The molecule has 1 fully saturated rings. The number of halogens is 2. The van der Waals surface area contributed by atoms with Crippen molar-refractivity contribution in [1.29, 1.82) is 5.26 Å². The van der Waals surface area contributed by atoms with Gasteiger partial charge in [-0.3, -0.25) is 4.79 Å². The van der Waals surface area contributed by atoms with E-state index in [0.717, 1.165) is 5.56 Å². The van der Waals surface area contributed by atoms with Crippen molar-refractivity contribution in [2.24, 2.45) is 0 Å². The number of carbonyl (C=O) groups is 1. The summed E-state index contributed by atoms with van der Waals surface area (Å²) in [6.45, 7) is 3.09. The maximum Gasteiger partial charge on any atom is 0.267 e. The van der Waals surface area contributed by atoms with Gasteiger partial charge in [0.25, 0.3) is 5.91 Å². The Hall–Kier alpha value is -2.57. The van der Waals surface area contributed by atoms with Gasteiger partial charge in [0.05, 0.1) is 15.6 Å². The average molecular weight is 479 g/mol. The third kappa shape index (κ3) is 5.57. The summed E-state index contributed by atoms with van der Waals surface area (Å²) in [6, 6.07) is 13.2. The maximum atomic E-state index is 12.8. The number of piperazine rings is 1. The number of nitrogens with zero attached hydrogens (tertiary/aromatic N) is 3. The number of nitriles is 1. The van der Waals surface area contributed by atoms with Gasteiger partial charge in [0.15, 0.2) is 0 Å². The van der Waals surface area contributed by atoms with E-state index in [1.807, 2.05) is 13.0 Å². The van der Waals surface area contributed by atoms with Gasteiger partial charge in [0.1, 0.15) is 11.6 Å². The van der Waals surface area contributed by atoms with E-state index in [4.69, 9.17) is 23.2 Å². The van der Waals surface area contributed by atoms with Crippen LogP contribution in [0.5, 0.6) is 0 Å². The molecule has 2 aromatic rings. The van der Waals surface area contributed by atoms with E-state index in [9.17, 15) is 18.5 Å². The Kier molecular flexibility index (Phi) is 7.23. The quantitative estimate of drug-likeness (QED) is 0.522. The highest BCUT2D eigenvalue weighted by atomic mass is 35.5. The van der Waals surface area contributed by atoms with Gasteiger partial charge in [-0.15, -0.1) is 0 Å². The van der Waals surface area contributed by atoms with Crippen LogP contribution in [0.1, 0.15) is 5.56 Å². The average Bonchev–Trinajstić information content (AvgIpc) is 2.74. The van der Waals surface area contributed by atoms with Crippen LogP contribution in [0.2, 0.25) is 10.0 Å². The number of aryl methyl sites for hydroxylation is 1. The number of carbonyl (C=O) groups excluding carboxylic acids is 1. The first-order valence-corrected chi connectivity index (χ1v) is 11.6. The van der Waals surface area contributed by atoms with Gasteiger partial charge >= 0.3 is 0 Å². The lowest BCUT2D eigenvalue weighted by atomic mass is 10.2. The molecule has 2 aromatic carbocycles. The van der Waals surface area contributed by atoms with Crippen molar-refractivity contribution < 1.29 is 13.2 Å². The summed E-state index contributed by atoms with van der Waals surface area (Å²) in [7, 11) is -3.59. The second-order valence-electron chi connectivity index (χ2n) is 6.99. The molecule has 0 aliphatic carbocycles. The molecule has 0 radical (unpaired) electrons. The van der Waals surface area contributed by atoms with E-state index in [-0.39, 0.29) is 28.6 Å². The largest absolute Gasteiger partial charge is 0.373 e. The molecule has 1 amide bonds. The Bertz CT molecular complexity index is 1150. The molecule has 1 saturated heterocycles. The van der Waals surface area contributed by atoms with Crippen molar-refractivity contribution in [3.05, 3.63) is 69.8 Å². The maximum absolute atomic E-state index is 12.8. The van der Waals surface area contributed by atoms with Crippen LogP contribution in [-0.2, 0) is 14.8 Å². The van der Waals surface area contributed by atoms with Crippen LogP contribution in [0.25, 0.3) is 0 Å². The number of amides is 1. The molecule has 0 atom stereocenters. The van der Waals surface area contributed by atoms with Crippen LogP contribution in [0, 0.1) is 18.3 Å². The van der Waals surface area contributed by atoms with Gasteiger partial charge in [0.2, 0.25) is 10.0 Å². The number of hydrogen-bond acceptors (Lipinski definition) is 5. The van der Waals surface area contributed by atoms with Gasteiger partial charge in [0, 0.05) is 37.4 Å². The molecule has 3 rings (SSSR count). The molecule has 1 heterocycles. The number of sulfonamides is 1. The zero-order chi connectivity index (χ0) is 22.6. The van der Waals surface area contributed by atoms with E-state index in [2.05, 4.69) is 5.32 Å². The Balaban J connectivity index is 1.65. The lowest BCUT2D eigenvalue weighted by molar-refractivity contribution is -0.112.